The minimum absolute atomic E-state index is 0.181. The van der Waals surface area contributed by atoms with E-state index in [4.69, 9.17) is 16.3 Å². The molecule has 3 aromatic rings. The number of amides is 1. The van der Waals surface area contributed by atoms with E-state index in [1.807, 2.05) is 42.5 Å². The number of nitrogens with one attached hydrogen (secondary N) is 1. The number of methoxy groups -OCH3 is 1. The molecule has 0 atom stereocenters. The molecule has 0 aliphatic rings. The zero-order chi connectivity index (χ0) is 22.2. The van der Waals surface area contributed by atoms with Gasteiger partial charge in [-0.25, -0.2) is 0 Å². The lowest BCUT2D eigenvalue weighted by atomic mass is 10.1. The topological polar surface area (TPSA) is 41.6 Å². The van der Waals surface area contributed by atoms with Crippen LogP contribution in [-0.4, -0.2) is 37.6 Å². The fourth-order valence-electron chi connectivity index (χ4n) is 3.86. The number of anilines is 1. The van der Waals surface area contributed by atoms with Crippen LogP contribution >= 0.6 is 22.9 Å². The van der Waals surface area contributed by atoms with E-state index in [1.54, 1.807) is 7.11 Å². The van der Waals surface area contributed by atoms with Crippen molar-refractivity contribution in [3.8, 4) is 5.75 Å². The first-order valence-electron chi connectivity index (χ1n) is 10.9. The zero-order valence-corrected chi connectivity index (χ0v) is 20.1. The van der Waals surface area contributed by atoms with Crippen LogP contribution in [0.2, 0.25) is 5.02 Å². The number of aryl methyl sites for hydroxylation is 1. The summed E-state index contributed by atoms with van der Waals surface area (Å²) in [7, 11) is 1.69. The van der Waals surface area contributed by atoms with Gasteiger partial charge in [-0.05, 0) is 75.1 Å². The van der Waals surface area contributed by atoms with Crippen molar-refractivity contribution in [2.24, 2.45) is 0 Å². The largest absolute Gasteiger partial charge is 0.496 e. The van der Waals surface area contributed by atoms with E-state index in [0.29, 0.717) is 9.90 Å². The fraction of sp³-hybridized carbons (Fsp3) is 0.400. The Kier molecular flexibility index (Phi) is 8.76. The van der Waals surface area contributed by atoms with Gasteiger partial charge in [-0.15, -0.1) is 11.3 Å². The maximum absolute atomic E-state index is 12.9. The number of hydrogen-bond acceptors (Lipinski definition) is 4. The minimum Gasteiger partial charge on any atom is -0.496 e. The van der Waals surface area contributed by atoms with E-state index in [0.717, 1.165) is 59.6 Å². The molecule has 4 nitrogen and oxygen atoms in total. The Hall–Kier alpha value is -2.08. The highest BCUT2D eigenvalue weighted by Gasteiger charge is 2.17. The number of carbonyl (C=O) groups excluding carboxylic acids is 1. The Bertz CT molecular complexity index is 1010. The normalized spacial score (nSPS) is 11.3. The number of benzene rings is 2. The van der Waals surface area contributed by atoms with Crippen molar-refractivity contribution >= 4 is 44.6 Å². The molecule has 0 saturated heterocycles. The second-order valence-electron chi connectivity index (χ2n) is 7.67. The molecule has 2 aromatic carbocycles. The molecule has 0 radical (unpaired) electrons. The average Bonchev–Trinajstić information content (AvgIpc) is 3.11. The van der Waals surface area contributed by atoms with E-state index in [9.17, 15) is 4.79 Å². The lowest BCUT2D eigenvalue weighted by Crippen LogP contribution is -2.26. The number of rotatable bonds is 11. The molecule has 1 aromatic heterocycles. The van der Waals surface area contributed by atoms with Crippen LogP contribution in [0.3, 0.4) is 0 Å². The second-order valence-corrected chi connectivity index (χ2v) is 9.10. The van der Waals surface area contributed by atoms with Gasteiger partial charge in [0.2, 0.25) is 0 Å². The third-order valence-electron chi connectivity index (χ3n) is 5.28. The summed E-state index contributed by atoms with van der Waals surface area (Å²) in [6, 6.07) is 13.6. The number of fused-ring (bicyclic) bond motifs is 1. The molecule has 6 heteroatoms. The van der Waals surface area contributed by atoms with Gasteiger partial charge in [-0.2, -0.15) is 0 Å². The van der Waals surface area contributed by atoms with E-state index < -0.39 is 0 Å². The van der Waals surface area contributed by atoms with Gasteiger partial charge < -0.3 is 15.0 Å². The van der Waals surface area contributed by atoms with Gasteiger partial charge in [0.1, 0.15) is 10.6 Å². The van der Waals surface area contributed by atoms with Gasteiger partial charge in [-0.3, -0.25) is 4.79 Å². The molecule has 0 spiro atoms. The van der Waals surface area contributed by atoms with E-state index in [-0.39, 0.29) is 5.91 Å². The van der Waals surface area contributed by atoms with Crippen molar-refractivity contribution < 1.29 is 9.53 Å². The Labute approximate surface area is 194 Å². The monoisotopic (exact) mass is 458 g/mol. The van der Waals surface area contributed by atoms with E-state index in [2.05, 4.69) is 24.1 Å². The maximum Gasteiger partial charge on any atom is 0.267 e. The third-order valence-corrected chi connectivity index (χ3v) is 6.95. The Morgan fingerprint density at radius 1 is 1.10 bits per heavy atom. The van der Waals surface area contributed by atoms with Crippen LogP contribution in [0.25, 0.3) is 10.1 Å². The maximum atomic E-state index is 12.9. The quantitative estimate of drug-likeness (QED) is 0.341. The third kappa shape index (κ3) is 6.00. The number of thiophene rings is 1. The molecule has 1 amide bonds. The molecule has 0 aliphatic carbocycles. The summed E-state index contributed by atoms with van der Waals surface area (Å²) in [6.45, 7) is 7.79. The number of ether oxygens (including phenoxy) is 1. The van der Waals surface area contributed by atoms with Gasteiger partial charge in [0.15, 0.2) is 0 Å². The summed E-state index contributed by atoms with van der Waals surface area (Å²) < 4.78 is 6.57. The van der Waals surface area contributed by atoms with Gasteiger partial charge >= 0.3 is 0 Å². The molecule has 0 bridgehead atoms. The van der Waals surface area contributed by atoms with Crippen molar-refractivity contribution in [3.05, 3.63) is 57.9 Å². The smallest absolute Gasteiger partial charge is 0.267 e. The van der Waals surface area contributed by atoms with Crippen molar-refractivity contribution in [3.63, 3.8) is 0 Å². The van der Waals surface area contributed by atoms with Crippen LogP contribution < -0.4 is 10.1 Å². The highest BCUT2D eigenvalue weighted by atomic mass is 35.5. The first-order chi connectivity index (χ1) is 15.1. The summed E-state index contributed by atoms with van der Waals surface area (Å²) in [5, 5.41) is 4.44. The molecule has 1 heterocycles. The molecule has 0 aliphatic heterocycles. The van der Waals surface area contributed by atoms with Gasteiger partial charge in [0, 0.05) is 15.8 Å². The number of nitrogens with zero attached hydrogens (tertiary/aromatic N) is 1. The van der Waals surface area contributed by atoms with Crippen LogP contribution in [0.1, 0.15) is 48.3 Å². The second kappa shape index (κ2) is 11.5. The summed E-state index contributed by atoms with van der Waals surface area (Å²) in [4.78, 5) is 15.9. The van der Waals surface area contributed by atoms with Crippen molar-refractivity contribution in [2.75, 3.05) is 32.1 Å². The lowest BCUT2D eigenvalue weighted by molar-refractivity contribution is 0.103. The summed E-state index contributed by atoms with van der Waals surface area (Å²) in [5.74, 6) is 0.676. The molecule has 31 heavy (non-hydrogen) atoms. The zero-order valence-electron chi connectivity index (χ0n) is 18.5. The predicted molar refractivity (Wildman–Crippen MR) is 133 cm³/mol. The van der Waals surface area contributed by atoms with E-state index >= 15 is 0 Å². The van der Waals surface area contributed by atoms with Gasteiger partial charge in [-0.1, -0.05) is 43.6 Å². The molecule has 166 valence electrons. The van der Waals surface area contributed by atoms with Crippen LogP contribution in [0.4, 0.5) is 5.69 Å². The van der Waals surface area contributed by atoms with Gasteiger partial charge in [0.25, 0.3) is 5.91 Å². The number of hydrogen-bond donors (Lipinski definition) is 1. The van der Waals surface area contributed by atoms with Crippen LogP contribution in [0.5, 0.6) is 5.75 Å². The van der Waals surface area contributed by atoms with Crippen molar-refractivity contribution in [1.29, 1.82) is 0 Å². The first-order valence-corrected chi connectivity index (χ1v) is 12.1. The lowest BCUT2D eigenvalue weighted by Gasteiger charge is -2.21. The Morgan fingerprint density at radius 3 is 2.52 bits per heavy atom. The van der Waals surface area contributed by atoms with Gasteiger partial charge in [0.05, 0.1) is 12.1 Å². The fourth-order valence-corrected chi connectivity index (χ4v) is 5.27. The predicted octanol–water partition coefficient (Wildman–Crippen LogP) is 6.87. The molecule has 3 rings (SSSR count). The summed E-state index contributed by atoms with van der Waals surface area (Å²) in [6.07, 6.45) is 4.30. The Morgan fingerprint density at radius 2 is 1.84 bits per heavy atom. The highest BCUT2D eigenvalue weighted by Crippen LogP contribution is 2.35. The first kappa shape index (κ1) is 23.6. The molecule has 0 unspecified atom stereocenters. The highest BCUT2D eigenvalue weighted by molar-refractivity contribution is 7.21. The van der Waals surface area contributed by atoms with Crippen molar-refractivity contribution in [1.82, 2.24) is 4.90 Å². The molecule has 0 saturated carbocycles. The molecule has 0 fully saturated rings. The SMILES string of the molecule is CCCN(CCC)CCCc1cc(NC(=O)c2sc3ccccc3c2Cl)ccc1OC. The Balaban J connectivity index is 1.70. The van der Waals surface area contributed by atoms with Crippen LogP contribution in [0, 0.1) is 0 Å². The molecular formula is C25H31ClN2O2S. The summed E-state index contributed by atoms with van der Waals surface area (Å²) >= 11 is 7.89. The number of halogens is 1. The standard InChI is InChI=1S/C25H31ClN2O2S/c1-4-14-28(15-5-2)16-8-9-18-17-19(12-13-21(18)30-3)27-25(29)24-23(26)20-10-6-7-11-22(20)31-24/h6-7,10-13,17H,4-5,8-9,14-16H2,1-3H3,(H,27,29). The molecule has 1 N–H and O–H groups in total. The van der Waals surface area contributed by atoms with Crippen LogP contribution in [0.15, 0.2) is 42.5 Å². The number of carbonyl (C=O) groups is 1. The summed E-state index contributed by atoms with van der Waals surface area (Å²) in [5.41, 5.74) is 1.86. The van der Waals surface area contributed by atoms with E-state index in [1.165, 1.54) is 24.2 Å². The van der Waals surface area contributed by atoms with Crippen molar-refractivity contribution in [2.45, 2.75) is 39.5 Å². The van der Waals surface area contributed by atoms with Crippen LogP contribution in [-0.2, 0) is 6.42 Å². The molecular weight excluding hydrogens is 428 g/mol. The minimum atomic E-state index is -0.181. The average molecular weight is 459 g/mol.